The summed E-state index contributed by atoms with van der Waals surface area (Å²) in [7, 11) is 0. The van der Waals surface area contributed by atoms with E-state index in [1.807, 2.05) is 0 Å². The van der Waals surface area contributed by atoms with Crippen molar-refractivity contribution in [3.8, 4) is 0 Å². The maximum Gasteiger partial charge on any atom is 0.313 e. The Labute approximate surface area is 74.4 Å². The van der Waals surface area contributed by atoms with Crippen molar-refractivity contribution in [3.63, 3.8) is 0 Å². The molecule has 0 bridgehead atoms. The SMILES string of the molecule is O=C(O)[C@H](CO)c1ccc(F)cc1. The zero-order valence-electron chi connectivity index (χ0n) is 6.77. The fourth-order valence-corrected chi connectivity index (χ4v) is 1.02. The van der Waals surface area contributed by atoms with Crippen LogP contribution in [-0.2, 0) is 4.79 Å². The lowest BCUT2D eigenvalue weighted by atomic mass is 10.0. The summed E-state index contributed by atoms with van der Waals surface area (Å²) in [6, 6.07) is 5.04. The number of carbonyl (C=O) groups is 1. The van der Waals surface area contributed by atoms with E-state index in [0.29, 0.717) is 5.56 Å². The molecule has 0 fully saturated rings. The van der Waals surface area contributed by atoms with Crippen molar-refractivity contribution < 1.29 is 19.4 Å². The topological polar surface area (TPSA) is 57.5 Å². The number of carboxylic acids is 1. The molecule has 1 rings (SSSR count). The largest absolute Gasteiger partial charge is 0.481 e. The van der Waals surface area contributed by atoms with E-state index in [4.69, 9.17) is 10.2 Å². The molecule has 0 heterocycles. The third-order valence-electron chi connectivity index (χ3n) is 1.75. The summed E-state index contributed by atoms with van der Waals surface area (Å²) < 4.78 is 12.4. The number of halogens is 1. The zero-order chi connectivity index (χ0) is 9.84. The third kappa shape index (κ3) is 2.26. The van der Waals surface area contributed by atoms with Gasteiger partial charge in [0.25, 0.3) is 0 Å². The molecule has 0 aromatic heterocycles. The second-order valence-electron chi connectivity index (χ2n) is 2.62. The van der Waals surface area contributed by atoms with Gasteiger partial charge in [-0.15, -0.1) is 0 Å². The minimum atomic E-state index is -1.12. The second-order valence-corrected chi connectivity index (χ2v) is 2.62. The lowest BCUT2D eigenvalue weighted by Gasteiger charge is -2.08. The molecule has 0 aliphatic heterocycles. The van der Waals surface area contributed by atoms with E-state index in [1.165, 1.54) is 24.3 Å². The Morgan fingerprint density at radius 2 is 1.92 bits per heavy atom. The second kappa shape index (κ2) is 4.00. The molecule has 4 heteroatoms. The van der Waals surface area contributed by atoms with Crippen LogP contribution < -0.4 is 0 Å². The van der Waals surface area contributed by atoms with Crippen LogP contribution in [0.25, 0.3) is 0 Å². The van der Waals surface area contributed by atoms with Crippen molar-refractivity contribution >= 4 is 5.97 Å². The molecule has 0 aliphatic carbocycles. The molecule has 1 aromatic carbocycles. The van der Waals surface area contributed by atoms with Gasteiger partial charge < -0.3 is 10.2 Å². The summed E-state index contributed by atoms with van der Waals surface area (Å²) in [5, 5.41) is 17.4. The van der Waals surface area contributed by atoms with E-state index in [1.54, 1.807) is 0 Å². The van der Waals surface area contributed by atoms with Gasteiger partial charge >= 0.3 is 5.97 Å². The Kier molecular flexibility index (Phi) is 2.97. The summed E-state index contributed by atoms with van der Waals surface area (Å²) in [5.41, 5.74) is 0.399. The van der Waals surface area contributed by atoms with Crippen LogP contribution in [0.15, 0.2) is 24.3 Å². The summed E-state index contributed by atoms with van der Waals surface area (Å²) >= 11 is 0. The van der Waals surface area contributed by atoms with Crippen LogP contribution in [0.4, 0.5) is 4.39 Å². The summed E-state index contributed by atoms with van der Waals surface area (Å²) in [4.78, 5) is 10.6. The van der Waals surface area contributed by atoms with Gasteiger partial charge in [-0.25, -0.2) is 4.39 Å². The first-order valence-electron chi connectivity index (χ1n) is 3.74. The van der Waals surface area contributed by atoms with E-state index in [-0.39, 0.29) is 0 Å². The van der Waals surface area contributed by atoms with Gasteiger partial charge in [-0.3, -0.25) is 4.79 Å². The monoisotopic (exact) mass is 184 g/mol. The highest BCUT2D eigenvalue weighted by molar-refractivity contribution is 5.76. The summed E-state index contributed by atoms with van der Waals surface area (Å²) in [6.45, 7) is -0.485. The van der Waals surface area contributed by atoms with Crippen molar-refractivity contribution in [1.82, 2.24) is 0 Å². The highest BCUT2D eigenvalue weighted by Crippen LogP contribution is 2.15. The average molecular weight is 184 g/mol. The number of aliphatic hydroxyl groups excluding tert-OH is 1. The quantitative estimate of drug-likeness (QED) is 0.736. The predicted octanol–water partition coefficient (Wildman–Crippen LogP) is 0.986. The van der Waals surface area contributed by atoms with Crippen molar-refractivity contribution in [3.05, 3.63) is 35.6 Å². The highest BCUT2D eigenvalue weighted by atomic mass is 19.1. The van der Waals surface area contributed by atoms with Crippen LogP contribution >= 0.6 is 0 Å². The van der Waals surface area contributed by atoms with Crippen molar-refractivity contribution in [2.75, 3.05) is 6.61 Å². The number of hydrogen-bond donors (Lipinski definition) is 2. The van der Waals surface area contributed by atoms with Crippen molar-refractivity contribution in [1.29, 1.82) is 0 Å². The molecule has 2 N–H and O–H groups in total. The van der Waals surface area contributed by atoms with Gasteiger partial charge in [-0.05, 0) is 17.7 Å². The van der Waals surface area contributed by atoms with Crippen LogP contribution in [0, 0.1) is 5.82 Å². The Hall–Kier alpha value is -1.42. The van der Waals surface area contributed by atoms with Gasteiger partial charge in [0.1, 0.15) is 11.7 Å². The van der Waals surface area contributed by atoms with E-state index >= 15 is 0 Å². The van der Waals surface area contributed by atoms with Gasteiger partial charge in [-0.2, -0.15) is 0 Å². The molecule has 3 nitrogen and oxygen atoms in total. The first-order chi connectivity index (χ1) is 6.15. The fourth-order valence-electron chi connectivity index (χ4n) is 1.02. The van der Waals surface area contributed by atoms with E-state index in [0.717, 1.165) is 0 Å². The number of aliphatic carboxylic acids is 1. The van der Waals surface area contributed by atoms with Crippen LogP contribution in [0.2, 0.25) is 0 Å². The lowest BCUT2D eigenvalue weighted by Crippen LogP contribution is -2.15. The molecule has 1 atom stereocenters. The van der Waals surface area contributed by atoms with E-state index in [2.05, 4.69) is 0 Å². The minimum absolute atomic E-state index is 0.399. The molecular weight excluding hydrogens is 175 g/mol. The average Bonchev–Trinajstić information content (AvgIpc) is 2.09. The minimum Gasteiger partial charge on any atom is -0.481 e. The van der Waals surface area contributed by atoms with Crippen molar-refractivity contribution in [2.45, 2.75) is 5.92 Å². The molecule has 0 unspecified atom stereocenters. The smallest absolute Gasteiger partial charge is 0.313 e. The van der Waals surface area contributed by atoms with Gasteiger partial charge in [0.15, 0.2) is 0 Å². The van der Waals surface area contributed by atoms with Gasteiger partial charge in [0.2, 0.25) is 0 Å². The Morgan fingerprint density at radius 1 is 1.38 bits per heavy atom. The maximum absolute atomic E-state index is 12.4. The Morgan fingerprint density at radius 3 is 2.31 bits per heavy atom. The van der Waals surface area contributed by atoms with Crippen LogP contribution in [0.1, 0.15) is 11.5 Å². The number of carboxylic acid groups (broad SMARTS) is 1. The van der Waals surface area contributed by atoms with Gasteiger partial charge in [0.05, 0.1) is 6.61 Å². The number of rotatable bonds is 3. The standard InChI is InChI=1S/C9H9FO3/c10-7-3-1-6(2-4-7)8(5-11)9(12)13/h1-4,8,11H,5H2,(H,12,13)/t8-/m1/s1. The van der Waals surface area contributed by atoms with Gasteiger partial charge in [0, 0.05) is 0 Å². The van der Waals surface area contributed by atoms with E-state index < -0.39 is 24.3 Å². The lowest BCUT2D eigenvalue weighted by molar-refractivity contribution is -0.139. The Bertz CT molecular complexity index is 294. The predicted molar refractivity (Wildman–Crippen MR) is 43.9 cm³/mol. The molecule has 0 spiro atoms. The number of aliphatic hydroxyl groups is 1. The molecule has 1 aromatic rings. The highest BCUT2D eigenvalue weighted by Gasteiger charge is 2.18. The maximum atomic E-state index is 12.4. The molecule has 13 heavy (non-hydrogen) atoms. The molecule has 0 saturated heterocycles. The number of benzene rings is 1. The molecular formula is C9H9FO3. The van der Waals surface area contributed by atoms with E-state index in [9.17, 15) is 9.18 Å². The third-order valence-corrected chi connectivity index (χ3v) is 1.75. The van der Waals surface area contributed by atoms with Crippen molar-refractivity contribution in [2.24, 2.45) is 0 Å². The molecule has 0 saturated carbocycles. The summed E-state index contributed by atoms with van der Waals surface area (Å²) in [5.74, 6) is -2.51. The zero-order valence-corrected chi connectivity index (χ0v) is 6.77. The Balaban J connectivity index is 2.92. The fraction of sp³-hybridized carbons (Fsp3) is 0.222. The summed E-state index contributed by atoms with van der Waals surface area (Å²) in [6.07, 6.45) is 0. The molecule has 0 radical (unpaired) electrons. The normalized spacial score (nSPS) is 12.5. The molecule has 70 valence electrons. The van der Waals surface area contributed by atoms with Crippen LogP contribution in [0.3, 0.4) is 0 Å². The van der Waals surface area contributed by atoms with Gasteiger partial charge in [-0.1, -0.05) is 12.1 Å². The van der Waals surface area contributed by atoms with Crippen LogP contribution in [-0.4, -0.2) is 22.8 Å². The molecule has 0 amide bonds. The first-order valence-corrected chi connectivity index (χ1v) is 3.74. The number of hydrogen-bond acceptors (Lipinski definition) is 2. The molecule has 0 aliphatic rings. The van der Waals surface area contributed by atoms with Crippen LogP contribution in [0.5, 0.6) is 0 Å². The first kappa shape index (κ1) is 9.67.